The molecular formula is C21H29N3O4. The molecule has 0 aromatic heterocycles. The summed E-state index contributed by atoms with van der Waals surface area (Å²) in [6, 6.07) is 11.5. The van der Waals surface area contributed by atoms with Crippen LogP contribution in [0.3, 0.4) is 0 Å². The number of hydrogen-bond donors (Lipinski definition) is 2. The number of guanidine groups is 1. The summed E-state index contributed by atoms with van der Waals surface area (Å²) >= 11 is 0. The Labute approximate surface area is 166 Å². The first-order valence-corrected chi connectivity index (χ1v) is 9.09. The van der Waals surface area contributed by atoms with Crippen LogP contribution in [-0.4, -0.2) is 40.9 Å². The second kappa shape index (κ2) is 10.9. The molecule has 7 nitrogen and oxygen atoms in total. The van der Waals surface area contributed by atoms with Crippen LogP contribution < -0.4 is 29.6 Å². The van der Waals surface area contributed by atoms with Gasteiger partial charge in [0.25, 0.3) is 0 Å². The number of ether oxygens (including phenoxy) is 4. The summed E-state index contributed by atoms with van der Waals surface area (Å²) in [7, 11) is 6.55. The minimum atomic E-state index is 0.474. The van der Waals surface area contributed by atoms with Gasteiger partial charge in [0.15, 0.2) is 5.96 Å². The number of methoxy groups -OCH3 is 4. The highest BCUT2D eigenvalue weighted by Gasteiger charge is 2.08. The maximum atomic E-state index is 5.45. The van der Waals surface area contributed by atoms with Gasteiger partial charge in [-0.05, 0) is 31.2 Å². The van der Waals surface area contributed by atoms with Crippen LogP contribution in [0, 0.1) is 0 Å². The highest BCUT2D eigenvalue weighted by Crippen LogP contribution is 2.26. The second-order valence-corrected chi connectivity index (χ2v) is 5.90. The number of hydrogen-bond acceptors (Lipinski definition) is 5. The molecular weight excluding hydrogens is 358 g/mol. The van der Waals surface area contributed by atoms with E-state index in [2.05, 4.69) is 15.6 Å². The van der Waals surface area contributed by atoms with Crippen molar-refractivity contribution < 1.29 is 18.9 Å². The molecule has 0 bridgehead atoms. The van der Waals surface area contributed by atoms with E-state index in [0.29, 0.717) is 19.0 Å². The molecule has 0 saturated carbocycles. The van der Waals surface area contributed by atoms with E-state index in [1.54, 1.807) is 28.4 Å². The van der Waals surface area contributed by atoms with Crippen LogP contribution in [0.4, 0.5) is 0 Å². The van der Waals surface area contributed by atoms with E-state index in [0.717, 1.165) is 40.7 Å². The molecule has 0 aliphatic rings. The van der Waals surface area contributed by atoms with E-state index in [1.165, 1.54) is 0 Å². The SMILES string of the molecule is CCNC(=NCc1ccc(OC)cc1OC)NCc1ccc(OC)cc1OC. The summed E-state index contributed by atoms with van der Waals surface area (Å²) in [5.41, 5.74) is 1.98. The van der Waals surface area contributed by atoms with Crippen LogP contribution in [0.1, 0.15) is 18.1 Å². The van der Waals surface area contributed by atoms with E-state index >= 15 is 0 Å². The van der Waals surface area contributed by atoms with Crippen LogP contribution in [0.25, 0.3) is 0 Å². The molecule has 0 amide bonds. The van der Waals surface area contributed by atoms with Crippen LogP contribution >= 0.6 is 0 Å². The molecule has 0 aliphatic heterocycles. The van der Waals surface area contributed by atoms with Gasteiger partial charge in [-0.15, -0.1) is 0 Å². The van der Waals surface area contributed by atoms with Crippen LogP contribution in [0.15, 0.2) is 41.4 Å². The Morgan fingerprint density at radius 1 is 0.786 bits per heavy atom. The minimum Gasteiger partial charge on any atom is -0.497 e. The molecule has 0 aliphatic carbocycles. The van der Waals surface area contributed by atoms with Gasteiger partial charge in [-0.25, -0.2) is 4.99 Å². The van der Waals surface area contributed by atoms with Gasteiger partial charge < -0.3 is 29.6 Å². The Kier molecular flexibility index (Phi) is 8.27. The molecule has 0 fully saturated rings. The monoisotopic (exact) mass is 387 g/mol. The maximum Gasteiger partial charge on any atom is 0.191 e. The average Bonchev–Trinajstić information content (AvgIpc) is 2.75. The lowest BCUT2D eigenvalue weighted by Crippen LogP contribution is -2.36. The van der Waals surface area contributed by atoms with E-state index in [-0.39, 0.29) is 0 Å². The maximum absolute atomic E-state index is 5.45. The number of nitrogens with zero attached hydrogens (tertiary/aromatic N) is 1. The lowest BCUT2D eigenvalue weighted by atomic mass is 10.2. The van der Waals surface area contributed by atoms with E-state index in [1.807, 2.05) is 43.3 Å². The second-order valence-electron chi connectivity index (χ2n) is 5.90. The predicted octanol–water partition coefficient (Wildman–Crippen LogP) is 2.98. The number of nitrogens with one attached hydrogen (secondary N) is 2. The molecule has 0 spiro atoms. The Bertz CT molecular complexity index is 793. The molecule has 0 heterocycles. The average molecular weight is 387 g/mol. The number of rotatable bonds is 9. The molecule has 0 saturated heterocycles. The van der Waals surface area contributed by atoms with Gasteiger partial charge in [0.05, 0.1) is 35.0 Å². The summed E-state index contributed by atoms with van der Waals surface area (Å²) in [4.78, 5) is 4.66. The Morgan fingerprint density at radius 2 is 1.36 bits per heavy atom. The van der Waals surface area contributed by atoms with Crippen molar-refractivity contribution in [3.63, 3.8) is 0 Å². The Hall–Kier alpha value is -3.09. The molecule has 0 unspecified atom stereocenters. The molecule has 0 radical (unpaired) electrons. The zero-order chi connectivity index (χ0) is 20.4. The van der Waals surface area contributed by atoms with Gasteiger partial charge in [-0.2, -0.15) is 0 Å². The first-order chi connectivity index (χ1) is 13.6. The fourth-order valence-electron chi connectivity index (χ4n) is 2.67. The van der Waals surface area contributed by atoms with Gasteiger partial charge in [-0.1, -0.05) is 0 Å². The van der Waals surface area contributed by atoms with Crippen molar-refractivity contribution in [2.75, 3.05) is 35.0 Å². The highest BCUT2D eigenvalue weighted by molar-refractivity contribution is 5.79. The van der Waals surface area contributed by atoms with Crippen molar-refractivity contribution in [1.82, 2.24) is 10.6 Å². The molecule has 2 aromatic carbocycles. The zero-order valence-electron chi connectivity index (χ0n) is 17.2. The topological polar surface area (TPSA) is 73.3 Å². The van der Waals surface area contributed by atoms with Crippen molar-refractivity contribution in [2.24, 2.45) is 4.99 Å². The summed E-state index contributed by atoms with van der Waals surface area (Å²) in [5.74, 6) is 3.72. The summed E-state index contributed by atoms with van der Waals surface area (Å²) < 4.78 is 21.4. The molecule has 2 N–H and O–H groups in total. The molecule has 7 heteroatoms. The largest absolute Gasteiger partial charge is 0.497 e. The fourth-order valence-corrected chi connectivity index (χ4v) is 2.67. The quantitative estimate of drug-likeness (QED) is 0.509. The third-order valence-corrected chi connectivity index (χ3v) is 4.19. The predicted molar refractivity (Wildman–Crippen MR) is 111 cm³/mol. The van der Waals surface area contributed by atoms with Gasteiger partial charge in [0.2, 0.25) is 0 Å². The lowest BCUT2D eigenvalue weighted by molar-refractivity contribution is 0.390. The first-order valence-electron chi connectivity index (χ1n) is 9.09. The molecule has 152 valence electrons. The van der Waals surface area contributed by atoms with Gasteiger partial charge in [0.1, 0.15) is 23.0 Å². The standard InChI is InChI=1S/C21H29N3O4/c1-6-22-21(23-13-15-7-9-17(25-2)11-19(15)27-4)24-14-16-8-10-18(26-3)12-20(16)28-5/h7-12H,6,13-14H2,1-5H3,(H2,22,23,24). The third kappa shape index (κ3) is 5.70. The van der Waals surface area contributed by atoms with Gasteiger partial charge in [-0.3, -0.25) is 0 Å². The van der Waals surface area contributed by atoms with Crippen molar-refractivity contribution in [1.29, 1.82) is 0 Å². The van der Waals surface area contributed by atoms with E-state index in [9.17, 15) is 0 Å². The normalized spacial score (nSPS) is 11.0. The number of benzene rings is 2. The molecule has 2 aromatic rings. The Morgan fingerprint density at radius 3 is 1.89 bits per heavy atom. The van der Waals surface area contributed by atoms with Crippen molar-refractivity contribution in [3.8, 4) is 23.0 Å². The number of aliphatic imine (C=N–C) groups is 1. The van der Waals surface area contributed by atoms with Crippen molar-refractivity contribution in [3.05, 3.63) is 47.5 Å². The van der Waals surface area contributed by atoms with E-state index < -0.39 is 0 Å². The third-order valence-electron chi connectivity index (χ3n) is 4.19. The van der Waals surface area contributed by atoms with Crippen LogP contribution in [0.5, 0.6) is 23.0 Å². The molecule has 0 atom stereocenters. The lowest BCUT2D eigenvalue weighted by Gasteiger charge is -2.15. The van der Waals surface area contributed by atoms with Crippen LogP contribution in [-0.2, 0) is 13.1 Å². The van der Waals surface area contributed by atoms with Crippen LogP contribution in [0.2, 0.25) is 0 Å². The molecule has 2 rings (SSSR count). The first kappa shape index (κ1) is 21.2. The Balaban J connectivity index is 2.11. The summed E-state index contributed by atoms with van der Waals surface area (Å²) in [6.45, 7) is 3.82. The smallest absolute Gasteiger partial charge is 0.191 e. The van der Waals surface area contributed by atoms with Crippen molar-refractivity contribution >= 4 is 5.96 Å². The van der Waals surface area contributed by atoms with Crippen molar-refractivity contribution in [2.45, 2.75) is 20.0 Å². The van der Waals surface area contributed by atoms with E-state index in [4.69, 9.17) is 18.9 Å². The zero-order valence-corrected chi connectivity index (χ0v) is 17.2. The highest BCUT2D eigenvalue weighted by atomic mass is 16.5. The fraction of sp³-hybridized carbons (Fsp3) is 0.381. The van der Waals surface area contributed by atoms with Gasteiger partial charge in [0, 0.05) is 36.3 Å². The molecule has 28 heavy (non-hydrogen) atoms. The summed E-state index contributed by atoms with van der Waals surface area (Å²) in [5, 5.41) is 6.58. The minimum absolute atomic E-state index is 0.474. The van der Waals surface area contributed by atoms with Gasteiger partial charge >= 0.3 is 0 Å². The summed E-state index contributed by atoms with van der Waals surface area (Å²) in [6.07, 6.45) is 0.